The fraction of sp³-hybridized carbons (Fsp3) is 0.368. The van der Waals surface area contributed by atoms with E-state index in [1.807, 2.05) is 0 Å². The minimum atomic E-state index is -4.52. The maximum Gasteiger partial charge on any atom is 0.416 e. The summed E-state index contributed by atoms with van der Waals surface area (Å²) in [4.78, 5) is 26.0. The Labute approximate surface area is 158 Å². The summed E-state index contributed by atoms with van der Waals surface area (Å²) < 4.78 is 38.7. The standard InChI is InChI=1S/C19H19F3N2O2S/c1-23-17(26)15-13-8-3-2-4-9-14(13)27-18(15)24-16(25)11-6-5-7-12(10-11)19(20,21)22/h5-7,10H,2-4,8-9H2,1H3,(H,23,26)(H,24,25). The molecule has 0 bridgehead atoms. The Hall–Kier alpha value is -2.35. The van der Waals surface area contributed by atoms with E-state index >= 15 is 0 Å². The largest absolute Gasteiger partial charge is 0.416 e. The predicted octanol–water partition coefficient (Wildman–Crippen LogP) is 4.65. The molecule has 2 N–H and O–H groups in total. The maximum atomic E-state index is 12.9. The lowest BCUT2D eigenvalue weighted by Crippen LogP contribution is -2.22. The van der Waals surface area contributed by atoms with Gasteiger partial charge >= 0.3 is 6.18 Å². The quantitative estimate of drug-likeness (QED) is 0.742. The number of nitrogens with one attached hydrogen (secondary N) is 2. The van der Waals surface area contributed by atoms with E-state index in [-0.39, 0.29) is 11.5 Å². The van der Waals surface area contributed by atoms with E-state index in [4.69, 9.17) is 0 Å². The first-order chi connectivity index (χ1) is 12.8. The van der Waals surface area contributed by atoms with Crippen molar-refractivity contribution in [2.45, 2.75) is 38.3 Å². The van der Waals surface area contributed by atoms with Crippen LogP contribution in [0.1, 0.15) is 56.0 Å². The Kier molecular flexibility index (Phi) is 5.55. The second-order valence-electron chi connectivity index (χ2n) is 6.38. The zero-order valence-corrected chi connectivity index (χ0v) is 15.5. The fourth-order valence-corrected chi connectivity index (χ4v) is 4.49. The van der Waals surface area contributed by atoms with Gasteiger partial charge < -0.3 is 10.6 Å². The first-order valence-corrected chi connectivity index (χ1v) is 9.48. The van der Waals surface area contributed by atoms with Crippen molar-refractivity contribution in [1.82, 2.24) is 5.32 Å². The number of rotatable bonds is 3. The summed E-state index contributed by atoms with van der Waals surface area (Å²) >= 11 is 1.34. The maximum absolute atomic E-state index is 12.9. The summed E-state index contributed by atoms with van der Waals surface area (Å²) in [7, 11) is 1.52. The van der Waals surface area contributed by atoms with Crippen molar-refractivity contribution in [2.24, 2.45) is 0 Å². The molecule has 0 aliphatic heterocycles. The lowest BCUT2D eigenvalue weighted by molar-refractivity contribution is -0.137. The number of benzene rings is 1. The van der Waals surface area contributed by atoms with Gasteiger partial charge in [0, 0.05) is 17.5 Å². The van der Waals surface area contributed by atoms with Gasteiger partial charge in [-0.25, -0.2) is 0 Å². The molecule has 3 rings (SSSR count). The van der Waals surface area contributed by atoms with Crippen LogP contribution in [0.25, 0.3) is 0 Å². The van der Waals surface area contributed by atoms with Crippen molar-refractivity contribution in [3.63, 3.8) is 0 Å². The van der Waals surface area contributed by atoms with Crippen molar-refractivity contribution in [2.75, 3.05) is 12.4 Å². The molecule has 0 spiro atoms. The molecular weight excluding hydrogens is 377 g/mol. The molecule has 2 aromatic rings. The Bertz CT molecular complexity index is 874. The number of halogens is 3. The van der Waals surface area contributed by atoms with Crippen molar-refractivity contribution < 1.29 is 22.8 Å². The molecule has 4 nitrogen and oxygen atoms in total. The van der Waals surface area contributed by atoms with Crippen molar-refractivity contribution in [3.8, 4) is 0 Å². The molecule has 0 saturated carbocycles. The highest BCUT2D eigenvalue weighted by atomic mass is 32.1. The highest BCUT2D eigenvalue weighted by Crippen LogP contribution is 2.38. The van der Waals surface area contributed by atoms with E-state index in [9.17, 15) is 22.8 Å². The molecule has 1 aliphatic rings. The molecule has 8 heteroatoms. The summed E-state index contributed by atoms with van der Waals surface area (Å²) in [6.07, 6.45) is 0.137. The summed E-state index contributed by atoms with van der Waals surface area (Å²) in [6.45, 7) is 0. The zero-order valence-electron chi connectivity index (χ0n) is 14.7. The van der Waals surface area contributed by atoms with Gasteiger partial charge in [0.1, 0.15) is 5.00 Å². The van der Waals surface area contributed by atoms with Crippen molar-refractivity contribution in [3.05, 3.63) is 51.4 Å². The van der Waals surface area contributed by atoms with Crippen LogP contribution < -0.4 is 10.6 Å². The van der Waals surface area contributed by atoms with Crippen molar-refractivity contribution >= 4 is 28.2 Å². The number of aryl methyl sites for hydroxylation is 1. The van der Waals surface area contributed by atoms with Gasteiger partial charge in [0.25, 0.3) is 11.8 Å². The molecular formula is C19H19F3N2O2S. The molecule has 0 saturated heterocycles. The van der Waals surface area contributed by atoms with Gasteiger partial charge in [-0.3, -0.25) is 9.59 Å². The molecule has 0 atom stereocenters. The molecule has 2 amide bonds. The number of hydrogen-bond donors (Lipinski definition) is 2. The SMILES string of the molecule is CNC(=O)c1c(NC(=O)c2cccc(C(F)(F)F)c2)sc2c1CCCCC2. The number of anilines is 1. The highest BCUT2D eigenvalue weighted by molar-refractivity contribution is 7.17. The third kappa shape index (κ3) is 4.16. The van der Waals surface area contributed by atoms with Gasteiger partial charge in [-0.15, -0.1) is 11.3 Å². The predicted molar refractivity (Wildman–Crippen MR) is 98.4 cm³/mol. The van der Waals surface area contributed by atoms with Crippen LogP contribution in [-0.2, 0) is 19.0 Å². The number of alkyl halides is 3. The second kappa shape index (κ2) is 7.72. The van der Waals surface area contributed by atoms with Gasteiger partial charge in [-0.05, 0) is 49.4 Å². The van der Waals surface area contributed by atoms with Crippen LogP contribution in [0.3, 0.4) is 0 Å². The van der Waals surface area contributed by atoms with Gasteiger partial charge in [-0.2, -0.15) is 13.2 Å². The topological polar surface area (TPSA) is 58.2 Å². The number of carbonyl (C=O) groups is 2. The minimum absolute atomic E-state index is 0.101. The Morgan fingerprint density at radius 3 is 2.52 bits per heavy atom. The van der Waals surface area contributed by atoms with Crippen LogP contribution in [0.15, 0.2) is 24.3 Å². The number of carbonyl (C=O) groups excluding carboxylic acids is 2. The van der Waals surface area contributed by atoms with Crippen molar-refractivity contribution in [1.29, 1.82) is 0 Å². The summed E-state index contributed by atoms with van der Waals surface area (Å²) in [5.74, 6) is -0.962. The van der Waals surface area contributed by atoms with Gasteiger partial charge in [0.05, 0.1) is 11.1 Å². The van der Waals surface area contributed by atoms with Crippen LogP contribution in [0.4, 0.5) is 18.2 Å². The molecule has 0 radical (unpaired) electrons. The van der Waals surface area contributed by atoms with E-state index in [0.717, 1.165) is 54.7 Å². The molecule has 1 aliphatic carbocycles. The number of thiophene rings is 1. The summed E-state index contributed by atoms with van der Waals surface area (Å²) in [5.41, 5.74) is 0.385. The van der Waals surface area contributed by atoms with E-state index in [2.05, 4.69) is 10.6 Å². The molecule has 144 valence electrons. The first kappa shape index (κ1) is 19.4. The zero-order chi connectivity index (χ0) is 19.6. The molecule has 27 heavy (non-hydrogen) atoms. The third-order valence-corrected chi connectivity index (χ3v) is 5.76. The molecule has 1 heterocycles. The number of amides is 2. The Morgan fingerprint density at radius 1 is 1.07 bits per heavy atom. The second-order valence-corrected chi connectivity index (χ2v) is 7.49. The van der Waals surface area contributed by atoms with Gasteiger partial charge in [0.2, 0.25) is 0 Å². The highest BCUT2D eigenvalue weighted by Gasteiger charge is 2.31. The third-order valence-electron chi connectivity index (χ3n) is 4.55. The summed E-state index contributed by atoms with van der Waals surface area (Å²) in [5, 5.41) is 5.63. The first-order valence-electron chi connectivity index (χ1n) is 8.66. The number of hydrogen-bond acceptors (Lipinski definition) is 3. The summed E-state index contributed by atoms with van der Waals surface area (Å²) in [6, 6.07) is 4.25. The normalized spacial score (nSPS) is 14.2. The van der Waals surface area contributed by atoms with Crippen LogP contribution in [0, 0.1) is 0 Å². The van der Waals surface area contributed by atoms with Crippen LogP contribution >= 0.6 is 11.3 Å². The Balaban J connectivity index is 1.93. The smallest absolute Gasteiger partial charge is 0.355 e. The van der Waals surface area contributed by atoms with Gasteiger partial charge in [-0.1, -0.05) is 12.5 Å². The van der Waals surface area contributed by atoms with Crippen LogP contribution in [0.5, 0.6) is 0 Å². The monoisotopic (exact) mass is 396 g/mol. The minimum Gasteiger partial charge on any atom is -0.355 e. The molecule has 0 unspecified atom stereocenters. The lowest BCUT2D eigenvalue weighted by Gasteiger charge is -2.10. The van der Waals surface area contributed by atoms with Gasteiger partial charge in [0.15, 0.2) is 0 Å². The van der Waals surface area contributed by atoms with E-state index in [0.29, 0.717) is 10.6 Å². The average Bonchev–Trinajstić information content (AvgIpc) is 2.81. The van der Waals surface area contributed by atoms with Crippen LogP contribution in [0.2, 0.25) is 0 Å². The molecule has 1 aromatic heterocycles. The van der Waals surface area contributed by atoms with E-state index in [1.54, 1.807) is 0 Å². The lowest BCUT2D eigenvalue weighted by atomic mass is 10.0. The average molecular weight is 396 g/mol. The van der Waals surface area contributed by atoms with E-state index in [1.165, 1.54) is 30.5 Å². The Morgan fingerprint density at radius 2 is 1.81 bits per heavy atom. The fourth-order valence-electron chi connectivity index (χ4n) is 3.21. The van der Waals surface area contributed by atoms with E-state index < -0.39 is 17.6 Å². The van der Waals surface area contributed by atoms with Crippen LogP contribution in [-0.4, -0.2) is 18.9 Å². The number of fused-ring (bicyclic) bond motifs is 1. The molecule has 0 fully saturated rings. The molecule has 1 aromatic carbocycles.